The van der Waals surface area contributed by atoms with Gasteiger partial charge in [0.1, 0.15) is 0 Å². The molecule has 104 valence electrons. The summed E-state index contributed by atoms with van der Waals surface area (Å²) in [7, 11) is 0. The van der Waals surface area contributed by atoms with E-state index in [1.54, 1.807) is 16.7 Å². The number of hydrogen-bond donors (Lipinski definition) is 1. The minimum absolute atomic E-state index is 0.0583. The van der Waals surface area contributed by atoms with Crippen LogP contribution in [-0.2, 0) is 0 Å². The topological polar surface area (TPSA) is 20.2 Å². The fraction of sp³-hybridized carbons (Fsp3) is 0.778. The monoisotopic (exact) mass is 258 g/mol. The van der Waals surface area contributed by atoms with E-state index in [4.69, 9.17) is 0 Å². The lowest BCUT2D eigenvalue weighted by molar-refractivity contribution is 0.0203. The van der Waals surface area contributed by atoms with Gasteiger partial charge in [-0.1, -0.05) is 18.6 Å². The molecule has 0 amide bonds. The van der Waals surface area contributed by atoms with Crippen molar-refractivity contribution in [1.82, 2.24) is 0 Å². The molecule has 1 N–H and O–H groups in total. The molecule has 0 radical (unpaired) electrons. The van der Waals surface area contributed by atoms with Gasteiger partial charge >= 0.3 is 0 Å². The summed E-state index contributed by atoms with van der Waals surface area (Å²) >= 11 is 0. The highest BCUT2D eigenvalue weighted by Gasteiger charge is 2.52. The quantitative estimate of drug-likeness (QED) is 0.684. The Morgan fingerprint density at radius 3 is 2.84 bits per heavy atom. The highest BCUT2D eigenvalue weighted by Crippen LogP contribution is 2.58. The van der Waals surface area contributed by atoms with Crippen LogP contribution in [0.1, 0.15) is 64.7 Å². The lowest BCUT2D eigenvalue weighted by Crippen LogP contribution is -2.40. The number of allylic oxidation sites excluding steroid dienone is 4. The molecule has 0 aliphatic heterocycles. The first-order chi connectivity index (χ1) is 9.20. The SMILES string of the molecule is C[C@]12CC=C3C4=C(CCCC4)CC[C@H]3C1CC[C@@H]2O. The summed E-state index contributed by atoms with van der Waals surface area (Å²) < 4.78 is 0. The van der Waals surface area contributed by atoms with Crippen molar-refractivity contribution in [2.45, 2.75) is 70.8 Å². The van der Waals surface area contributed by atoms with Crippen LogP contribution < -0.4 is 0 Å². The predicted octanol–water partition coefficient (Wildman–Crippen LogP) is 4.37. The van der Waals surface area contributed by atoms with Crippen LogP contribution in [-0.4, -0.2) is 11.2 Å². The first kappa shape index (κ1) is 12.2. The Morgan fingerprint density at radius 1 is 1.11 bits per heavy atom. The van der Waals surface area contributed by atoms with E-state index in [-0.39, 0.29) is 11.5 Å². The van der Waals surface area contributed by atoms with E-state index in [2.05, 4.69) is 13.0 Å². The third kappa shape index (κ3) is 1.63. The second-order valence-corrected chi connectivity index (χ2v) is 7.50. The number of fused-ring (bicyclic) bond motifs is 4. The Labute approximate surface area is 116 Å². The zero-order valence-electron chi connectivity index (χ0n) is 12.1. The van der Waals surface area contributed by atoms with E-state index in [0.717, 1.165) is 24.7 Å². The van der Waals surface area contributed by atoms with Gasteiger partial charge in [0.15, 0.2) is 0 Å². The molecular weight excluding hydrogens is 232 g/mol. The van der Waals surface area contributed by atoms with Crippen molar-refractivity contribution >= 4 is 0 Å². The Morgan fingerprint density at radius 2 is 1.95 bits per heavy atom. The zero-order chi connectivity index (χ0) is 13.0. The second-order valence-electron chi connectivity index (χ2n) is 7.50. The van der Waals surface area contributed by atoms with Crippen LogP contribution in [0.15, 0.2) is 22.8 Å². The van der Waals surface area contributed by atoms with Crippen LogP contribution >= 0.6 is 0 Å². The second kappa shape index (κ2) is 4.22. The fourth-order valence-electron chi connectivity index (χ4n) is 5.52. The Hall–Kier alpha value is -0.560. The van der Waals surface area contributed by atoms with Crippen molar-refractivity contribution < 1.29 is 5.11 Å². The average molecular weight is 258 g/mol. The van der Waals surface area contributed by atoms with Crippen molar-refractivity contribution in [3.8, 4) is 0 Å². The minimum Gasteiger partial charge on any atom is -0.393 e. The van der Waals surface area contributed by atoms with E-state index >= 15 is 0 Å². The van der Waals surface area contributed by atoms with E-state index in [0.29, 0.717) is 0 Å². The molecule has 4 aliphatic carbocycles. The minimum atomic E-state index is -0.0583. The summed E-state index contributed by atoms with van der Waals surface area (Å²) in [5.74, 6) is 1.52. The lowest BCUT2D eigenvalue weighted by atomic mass is 9.59. The third-order valence-electron chi connectivity index (χ3n) is 6.69. The van der Waals surface area contributed by atoms with E-state index in [1.807, 2.05) is 0 Å². The maximum absolute atomic E-state index is 10.4. The number of hydrogen-bond acceptors (Lipinski definition) is 1. The van der Waals surface area contributed by atoms with E-state index in [9.17, 15) is 5.11 Å². The molecule has 4 atom stereocenters. The van der Waals surface area contributed by atoms with E-state index in [1.165, 1.54) is 44.9 Å². The van der Waals surface area contributed by atoms with Gasteiger partial charge in [0, 0.05) is 5.41 Å². The summed E-state index contributed by atoms with van der Waals surface area (Å²) in [5.41, 5.74) is 5.44. The first-order valence-electron chi connectivity index (χ1n) is 8.29. The molecule has 0 bridgehead atoms. The molecule has 0 heterocycles. The highest BCUT2D eigenvalue weighted by molar-refractivity contribution is 5.43. The molecule has 0 saturated heterocycles. The van der Waals surface area contributed by atoms with E-state index < -0.39 is 0 Å². The number of aliphatic hydroxyl groups is 1. The van der Waals surface area contributed by atoms with Gasteiger partial charge in [-0.15, -0.1) is 0 Å². The molecule has 19 heavy (non-hydrogen) atoms. The molecule has 0 aromatic carbocycles. The van der Waals surface area contributed by atoms with Crippen LogP contribution in [0.2, 0.25) is 0 Å². The van der Waals surface area contributed by atoms with Crippen molar-refractivity contribution in [3.63, 3.8) is 0 Å². The molecular formula is C18H26O. The van der Waals surface area contributed by atoms with Crippen LogP contribution in [0.4, 0.5) is 0 Å². The normalized spacial score (nSPS) is 45.4. The van der Waals surface area contributed by atoms with Gasteiger partial charge in [-0.25, -0.2) is 0 Å². The Balaban J connectivity index is 1.74. The molecule has 1 fully saturated rings. The maximum atomic E-state index is 10.4. The van der Waals surface area contributed by atoms with Gasteiger partial charge in [-0.2, -0.15) is 0 Å². The fourth-order valence-corrected chi connectivity index (χ4v) is 5.52. The molecule has 0 spiro atoms. The van der Waals surface area contributed by atoms with Crippen LogP contribution in [0.5, 0.6) is 0 Å². The van der Waals surface area contributed by atoms with Crippen LogP contribution in [0, 0.1) is 17.3 Å². The smallest absolute Gasteiger partial charge is 0.0599 e. The summed E-state index contributed by atoms with van der Waals surface area (Å²) in [6.45, 7) is 2.34. The number of rotatable bonds is 0. The first-order valence-corrected chi connectivity index (χ1v) is 8.29. The molecule has 1 heteroatoms. The molecule has 0 aromatic rings. The largest absolute Gasteiger partial charge is 0.393 e. The van der Waals surface area contributed by atoms with Gasteiger partial charge < -0.3 is 5.11 Å². The summed E-state index contributed by atoms with van der Waals surface area (Å²) in [5, 5.41) is 10.4. The van der Waals surface area contributed by atoms with Crippen molar-refractivity contribution in [1.29, 1.82) is 0 Å². The van der Waals surface area contributed by atoms with Gasteiger partial charge in [-0.3, -0.25) is 0 Å². The lowest BCUT2D eigenvalue weighted by Gasteiger charge is -2.46. The van der Waals surface area contributed by atoms with Gasteiger partial charge in [-0.05, 0) is 80.8 Å². The van der Waals surface area contributed by atoms with Crippen molar-refractivity contribution in [3.05, 3.63) is 22.8 Å². The summed E-state index contributed by atoms with van der Waals surface area (Å²) in [6.07, 6.45) is 14.1. The molecule has 4 rings (SSSR count). The molecule has 0 aromatic heterocycles. The van der Waals surface area contributed by atoms with Crippen molar-refractivity contribution in [2.24, 2.45) is 17.3 Å². The molecule has 1 unspecified atom stereocenters. The Kier molecular flexibility index (Phi) is 2.71. The third-order valence-corrected chi connectivity index (χ3v) is 6.69. The predicted molar refractivity (Wildman–Crippen MR) is 77.8 cm³/mol. The number of aliphatic hydroxyl groups excluding tert-OH is 1. The van der Waals surface area contributed by atoms with Crippen LogP contribution in [0.25, 0.3) is 0 Å². The zero-order valence-corrected chi connectivity index (χ0v) is 12.1. The summed E-state index contributed by atoms with van der Waals surface area (Å²) in [6, 6.07) is 0. The summed E-state index contributed by atoms with van der Waals surface area (Å²) in [4.78, 5) is 0. The van der Waals surface area contributed by atoms with Crippen molar-refractivity contribution in [2.75, 3.05) is 0 Å². The van der Waals surface area contributed by atoms with Gasteiger partial charge in [0.2, 0.25) is 0 Å². The van der Waals surface area contributed by atoms with Crippen LogP contribution in [0.3, 0.4) is 0 Å². The average Bonchev–Trinajstić information content (AvgIpc) is 2.75. The molecule has 1 nitrogen and oxygen atoms in total. The van der Waals surface area contributed by atoms with Gasteiger partial charge in [0.25, 0.3) is 0 Å². The molecule has 4 aliphatic rings. The maximum Gasteiger partial charge on any atom is 0.0599 e. The standard InChI is InChI=1S/C18H26O/c1-18-11-10-14-13-5-3-2-4-12(13)6-7-15(14)16(18)8-9-17(18)19/h10,15-17,19H,2-9,11H2,1H3/t15-,16?,17+,18+/m1/s1. The molecule has 1 saturated carbocycles. The Bertz CT molecular complexity index is 458. The van der Waals surface area contributed by atoms with Gasteiger partial charge in [0.05, 0.1) is 6.10 Å². The highest BCUT2D eigenvalue weighted by atomic mass is 16.3.